The lowest BCUT2D eigenvalue weighted by Crippen LogP contribution is -2.08. The lowest BCUT2D eigenvalue weighted by molar-refractivity contribution is 0.0526. The van der Waals surface area contributed by atoms with E-state index in [-0.39, 0.29) is 5.97 Å². The van der Waals surface area contributed by atoms with E-state index < -0.39 is 0 Å². The number of aryl methyl sites for hydroxylation is 1. The number of benzene rings is 2. The molecule has 1 N–H and O–H groups in total. The zero-order chi connectivity index (χ0) is 17.6. The Morgan fingerprint density at radius 3 is 2.28 bits per heavy atom. The molecule has 3 heteroatoms. The summed E-state index contributed by atoms with van der Waals surface area (Å²) < 4.78 is 5.30. The third-order valence-electron chi connectivity index (χ3n) is 4.33. The normalized spacial score (nSPS) is 10.6. The van der Waals surface area contributed by atoms with Gasteiger partial charge in [-0.25, -0.2) is 4.79 Å². The van der Waals surface area contributed by atoms with E-state index in [2.05, 4.69) is 36.2 Å². The van der Waals surface area contributed by atoms with E-state index >= 15 is 0 Å². The molecule has 128 valence electrons. The average Bonchev–Trinajstić information content (AvgIpc) is 3.07. The van der Waals surface area contributed by atoms with Gasteiger partial charge in [0.05, 0.1) is 17.9 Å². The Kier molecular flexibility index (Phi) is 5.34. The standard InChI is InChI=1S/C22H23NO2/c1-3-16-10-12-17(13-11-16)14-19-15-23-21(18-8-6-5-7-9-18)20(19)22(24)25-4-2/h5-13,15,23H,3-4,14H2,1-2H3. The van der Waals surface area contributed by atoms with Gasteiger partial charge in [0.25, 0.3) is 0 Å². The summed E-state index contributed by atoms with van der Waals surface area (Å²) in [6.45, 7) is 4.34. The Morgan fingerprint density at radius 2 is 1.64 bits per heavy atom. The minimum atomic E-state index is -0.275. The fourth-order valence-electron chi connectivity index (χ4n) is 2.99. The first-order valence-electron chi connectivity index (χ1n) is 8.73. The van der Waals surface area contributed by atoms with Crippen molar-refractivity contribution in [3.63, 3.8) is 0 Å². The number of esters is 1. The van der Waals surface area contributed by atoms with Crippen LogP contribution in [-0.4, -0.2) is 17.6 Å². The summed E-state index contributed by atoms with van der Waals surface area (Å²) in [5.74, 6) is -0.275. The van der Waals surface area contributed by atoms with Crippen LogP contribution in [0.3, 0.4) is 0 Å². The Morgan fingerprint density at radius 1 is 0.960 bits per heavy atom. The molecule has 0 spiro atoms. The fourth-order valence-corrected chi connectivity index (χ4v) is 2.99. The Labute approximate surface area is 148 Å². The van der Waals surface area contributed by atoms with Crippen molar-refractivity contribution in [1.29, 1.82) is 0 Å². The molecule has 0 aliphatic heterocycles. The van der Waals surface area contributed by atoms with Crippen molar-refractivity contribution < 1.29 is 9.53 Å². The lowest BCUT2D eigenvalue weighted by atomic mass is 9.99. The Hall–Kier alpha value is -2.81. The van der Waals surface area contributed by atoms with Crippen molar-refractivity contribution in [2.24, 2.45) is 0 Å². The molecule has 0 radical (unpaired) electrons. The summed E-state index contributed by atoms with van der Waals surface area (Å²) in [4.78, 5) is 15.8. The van der Waals surface area contributed by atoms with Crippen molar-refractivity contribution in [2.45, 2.75) is 26.7 Å². The second-order valence-corrected chi connectivity index (χ2v) is 6.00. The number of hydrogen-bond acceptors (Lipinski definition) is 2. The van der Waals surface area contributed by atoms with Crippen LogP contribution in [0.15, 0.2) is 60.8 Å². The summed E-state index contributed by atoms with van der Waals surface area (Å²) >= 11 is 0. The number of ether oxygens (including phenoxy) is 1. The average molecular weight is 333 g/mol. The summed E-state index contributed by atoms with van der Waals surface area (Å²) in [5, 5.41) is 0. The molecular formula is C22H23NO2. The van der Waals surface area contributed by atoms with Crippen molar-refractivity contribution >= 4 is 5.97 Å². The van der Waals surface area contributed by atoms with Crippen LogP contribution in [0.25, 0.3) is 11.3 Å². The third kappa shape index (κ3) is 3.82. The summed E-state index contributed by atoms with van der Waals surface area (Å²) in [5.41, 5.74) is 5.89. The number of carbonyl (C=O) groups is 1. The summed E-state index contributed by atoms with van der Waals surface area (Å²) in [7, 11) is 0. The van der Waals surface area contributed by atoms with Crippen LogP contribution >= 0.6 is 0 Å². The van der Waals surface area contributed by atoms with E-state index in [1.54, 1.807) is 0 Å². The molecule has 1 heterocycles. The van der Waals surface area contributed by atoms with Gasteiger partial charge in [0.1, 0.15) is 0 Å². The zero-order valence-electron chi connectivity index (χ0n) is 14.7. The molecule has 1 aromatic heterocycles. The summed E-state index contributed by atoms with van der Waals surface area (Å²) in [6, 6.07) is 18.4. The molecular weight excluding hydrogens is 310 g/mol. The number of hydrogen-bond donors (Lipinski definition) is 1. The zero-order valence-corrected chi connectivity index (χ0v) is 14.7. The first kappa shape index (κ1) is 17.0. The highest BCUT2D eigenvalue weighted by Gasteiger charge is 2.21. The minimum absolute atomic E-state index is 0.275. The monoisotopic (exact) mass is 333 g/mol. The molecule has 3 aromatic rings. The molecule has 0 bridgehead atoms. The van der Waals surface area contributed by atoms with Crippen molar-refractivity contribution in [1.82, 2.24) is 4.98 Å². The van der Waals surface area contributed by atoms with Crippen LogP contribution in [0.1, 0.15) is 40.9 Å². The highest BCUT2D eigenvalue weighted by Crippen LogP contribution is 2.28. The first-order chi connectivity index (χ1) is 12.2. The largest absolute Gasteiger partial charge is 0.462 e. The number of H-pyrrole nitrogens is 1. The van der Waals surface area contributed by atoms with E-state index in [1.165, 1.54) is 11.1 Å². The number of rotatable bonds is 6. The molecule has 0 saturated carbocycles. The van der Waals surface area contributed by atoms with Gasteiger partial charge in [0.15, 0.2) is 0 Å². The SMILES string of the molecule is CCOC(=O)c1c(Cc2ccc(CC)cc2)c[nH]c1-c1ccccc1. The second kappa shape index (κ2) is 7.84. The number of nitrogens with one attached hydrogen (secondary N) is 1. The highest BCUT2D eigenvalue weighted by atomic mass is 16.5. The molecule has 0 aliphatic carbocycles. The molecule has 0 fully saturated rings. The van der Waals surface area contributed by atoms with Crippen LogP contribution in [0.2, 0.25) is 0 Å². The highest BCUT2D eigenvalue weighted by molar-refractivity contribution is 5.98. The van der Waals surface area contributed by atoms with Gasteiger partial charge in [-0.3, -0.25) is 0 Å². The molecule has 0 amide bonds. The fraction of sp³-hybridized carbons (Fsp3) is 0.227. The maximum Gasteiger partial charge on any atom is 0.340 e. The van der Waals surface area contributed by atoms with Crippen LogP contribution in [0, 0.1) is 0 Å². The van der Waals surface area contributed by atoms with Crippen LogP contribution in [-0.2, 0) is 17.6 Å². The number of carbonyl (C=O) groups excluding carboxylic acids is 1. The van der Waals surface area contributed by atoms with Gasteiger partial charge in [0.2, 0.25) is 0 Å². The number of aromatic nitrogens is 1. The van der Waals surface area contributed by atoms with Gasteiger partial charge in [-0.15, -0.1) is 0 Å². The van der Waals surface area contributed by atoms with E-state index in [1.807, 2.05) is 43.5 Å². The third-order valence-corrected chi connectivity index (χ3v) is 4.33. The van der Waals surface area contributed by atoms with Gasteiger partial charge >= 0.3 is 5.97 Å². The number of aromatic amines is 1. The molecule has 0 unspecified atom stereocenters. The quantitative estimate of drug-likeness (QED) is 0.644. The Balaban J connectivity index is 1.98. The summed E-state index contributed by atoms with van der Waals surface area (Å²) in [6.07, 6.45) is 3.64. The topological polar surface area (TPSA) is 42.1 Å². The van der Waals surface area contributed by atoms with Gasteiger partial charge in [-0.05, 0) is 42.0 Å². The minimum Gasteiger partial charge on any atom is -0.462 e. The molecule has 3 nitrogen and oxygen atoms in total. The molecule has 0 saturated heterocycles. The van der Waals surface area contributed by atoms with Gasteiger partial charge in [-0.1, -0.05) is 61.5 Å². The van der Waals surface area contributed by atoms with Crippen LogP contribution < -0.4 is 0 Å². The van der Waals surface area contributed by atoms with Gasteiger partial charge in [0, 0.05) is 6.20 Å². The van der Waals surface area contributed by atoms with Gasteiger partial charge < -0.3 is 9.72 Å². The predicted molar refractivity (Wildman–Crippen MR) is 101 cm³/mol. The first-order valence-corrected chi connectivity index (χ1v) is 8.73. The molecule has 3 rings (SSSR count). The molecule has 0 atom stereocenters. The maximum atomic E-state index is 12.6. The van der Waals surface area contributed by atoms with Crippen LogP contribution in [0.4, 0.5) is 0 Å². The van der Waals surface area contributed by atoms with E-state index in [0.29, 0.717) is 18.6 Å². The lowest BCUT2D eigenvalue weighted by Gasteiger charge is -2.08. The van der Waals surface area contributed by atoms with Gasteiger partial charge in [-0.2, -0.15) is 0 Å². The molecule has 2 aromatic carbocycles. The van der Waals surface area contributed by atoms with Crippen molar-refractivity contribution in [3.05, 3.63) is 83.0 Å². The Bertz CT molecular complexity index is 832. The van der Waals surface area contributed by atoms with Crippen molar-refractivity contribution in [3.8, 4) is 11.3 Å². The van der Waals surface area contributed by atoms with E-state index in [4.69, 9.17) is 4.74 Å². The van der Waals surface area contributed by atoms with E-state index in [9.17, 15) is 4.79 Å². The molecule has 0 aliphatic rings. The molecule has 25 heavy (non-hydrogen) atoms. The van der Waals surface area contributed by atoms with Crippen LogP contribution in [0.5, 0.6) is 0 Å². The predicted octanol–water partition coefficient (Wildman–Crippen LogP) is 5.01. The second-order valence-electron chi connectivity index (χ2n) is 6.00. The maximum absolute atomic E-state index is 12.6. The van der Waals surface area contributed by atoms with E-state index in [0.717, 1.165) is 23.2 Å². The van der Waals surface area contributed by atoms with Crippen molar-refractivity contribution in [2.75, 3.05) is 6.61 Å². The smallest absolute Gasteiger partial charge is 0.340 e.